The molecule has 2 aromatic rings. The molecule has 1 N–H and O–H groups in total. The van der Waals surface area contributed by atoms with Crippen molar-refractivity contribution >= 4 is 38.6 Å². The molecular formula is C11H12BrNS2. The molecule has 0 saturated heterocycles. The van der Waals surface area contributed by atoms with Crippen molar-refractivity contribution < 1.29 is 0 Å². The van der Waals surface area contributed by atoms with Crippen LogP contribution < -0.4 is 5.32 Å². The third kappa shape index (κ3) is 2.50. The fraction of sp³-hybridized carbons (Fsp3) is 0.273. The van der Waals surface area contributed by atoms with Gasteiger partial charge in [0.1, 0.15) is 0 Å². The van der Waals surface area contributed by atoms with Gasteiger partial charge in [-0.2, -0.15) is 0 Å². The molecule has 1 atom stereocenters. The van der Waals surface area contributed by atoms with Crippen molar-refractivity contribution in [3.8, 4) is 0 Å². The van der Waals surface area contributed by atoms with Crippen molar-refractivity contribution in [2.24, 2.45) is 0 Å². The van der Waals surface area contributed by atoms with Gasteiger partial charge in [-0.25, -0.2) is 0 Å². The van der Waals surface area contributed by atoms with Crippen molar-refractivity contribution in [1.29, 1.82) is 0 Å². The Labute approximate surface area is 106 Å². The largest absolute Gasteiger partial charge is 0.309 e. The van der Waals surface area contributed by atoms with Gasteiger partial charge in [0.2, 0.25) is 0 Å². The van der Waals surface area contributed by atoms with Gasteiger partial charge in [-0.05, 0) is 63.9 Å². The smallest absolute Gasteiger partial charge is 0.0701 e. The summed E-state index contributed by atoms with van der Waals surface area (Å²) in [6.45, 7) is 2.14. The average molecular weight is 302 g/mol. The van der Waals surface area contributed by atoms with Crippen LogP contribution in [0.2, 0.25) is 0 Å². The molecule has 2 rings (SSSR count). The van der Waals surface area contributed by atoms with Gasteiger partial charge in [0.25, 0.3) is 0 Å². The molecule has 0 radical (unpaired) electrons. The first-order valence-corrected chi connectivity index (χ1v) is 7.22. The lowest BCUT2D eigenvalue weighted by Gasteiger charge is -2.12. The first-order valence-electron chi connectivity index (χ1n) is 4.67. The molecule has 2 aromatic heterocycles. The maximum atomic E-state index is 3.50. The Morgan fingerprint density at radius 1 is 1.20 bits per heavy atom. The Balaban J connectivity index is 2.32. The molecule has 0 bridgehead atoms. The van der Waals surface area contributed by atoms with E-state index in [0.29, 0.717) is 6.04 Å². The minimum Gasteiger partial charge on any atom is -0.309 e. The van der Waals surface area contributed by atoms with Crippen LogP contribution in [0.25, 0.3) is 0 Å². The molecule has 15 heavy (non-hydrogen) atoms. The van der Waals surface area contributed by atoms with E-state index in [1.807, 2.05) is 7.05 Å². The van der Waals surface area contributed by atoms with Crippen LogP contribution in [0.5, 0.6) is 0 Å². The van der Waals surface area contributed by atoms with E-state index in [0.717, 1.165) is 0 Å². The molecule has 0 aliphatic heterocycles. The fourth-order valence-electron chi connectivity index (χ4n) is 1.62. The summed E-state index contributed by atoms with van der Waals surface area (Å²) in [7, 11) is 2.00. The Hall–Kier alpha value is -0.160. The van der Waals surface area contributed by atoms with E-state index in [1.54, 1.807) is 22.7 Å². The second-order valence-corrected chi connectivity index (χ2v) is 6.80. The highest BCUT2D eigenvalue weighted by Crippen LogP contribution is 2.30. The Bertz CT molecular complexity index is 407. The molecule has 1 unspecified atom stereocenters. The first kappa shape index (κ1) is 11.3. The normalized spacial score (nSPS) is 13.0. The second-order valence-electron chi connectivity index (χ2n) is 3.40. The van der Waals surface area contributed by atoms with Gasteiger partial charge in [0.05, 0.1) is 9.83 Å². The minimum atomic E-state index is 0.317. The quantitative estimate of drug-likeness (QED) is 0.896. The number of thiophene rings is 2. The standard InChI is InChI=1S/C11H12BrNS2/c1-7-3-8(5-14-7)11(13-2)9-4-10(12)15-6-9/h3-6,11,13H,1-2H3. The van der Waals surface area contributed by atoms with Crippen molar-refractivity contribution in [2.45, 2.75) is 13.0 Å². The van der Waals surface area contributed by atoms with E-state index in [-0.39, 0.29) is 0 Å². The van der Waals surface area contributed by atoms with Crippen molar-refractivity contribution in [3.63, 3.8) is 0 Å². The van der Waals surface area contributed by atoms with Gasteiger partial charge >= 0.3 is 0 Å². The summed E-state index contributed by atoms with van der Waals surface area (Å²) in [5.41, 5.74) is 2.68. The Kier molecular flexibility index (Phi) is 3.61. The van der Waals surface area contributed by atoms with E-state index >= 15 is 0 Å². The van der Waals surface area contributed by atoms with Gasteiger partial charge in [-0.15, -0.1) is 22.7 Å². The molecule has 0 aliphatic carbocycles. The molecule has 0 aliphatic rings. The summed E-state index contributed by atoms with van der Waals surface area (Å²) in [6, 6.07) is 4.74. The summed E-state index contributed by atoms with van der Waals surface area (Å²) < 4.78 is 1.18. The average Bonchev–Trinajstić information content (AvgIpc) is 2.78. The highest BCUT2D eigenvalue weighted by Gasteiger charge is 2.14. The summed E-state index contributed by atoms with van der Waals surface area (Å²) in [4.78, 5) is 1.36. The molecule has 2 heterocycles. The lowest BCUT2D eigenvalue weighted by Crippen LogP contribution is -2.16. The van der Waals surface area contributed by atoms with Crippen LogP contribution >= 0.6 is 38.6 Å². The Morgan fingerprint density at radius 2 is 1.87 bits per heavy atom. The monoisotopic (exact) mass is 301 g/mol. The maximum absolute atomic E-state index is 3.50. The summed E-state index contributed by atoms with van der Waals surface area (Å²) in [6.07, 6.45) is 0. The highest BCUT2D eigenvalue weighted by atomic mass is 79.9. The van der Waals surface area contributed by atoms with Gasteiger partial charge in [0, 0.05) is 4.88 Å². The molecule has 0 saturated carbocycles. The predicted molar refractivity (Wildman–Crippen MR) is 72.0 cm³/mol. The number of rotatable bonds is 3. The maximum Gasteiger partial charge on any atom is 0.0701 e. The predicted octanol–water partition coefficient (Wildman–Crippen LogP) is 4.19. The lowest BCUT2D eigenvalue weighted by molar-refractivity contribution is 0.696. The molecule has 0 spiro atoms. The van der Waals surface area contributed by atoms with Crippen molar-refractivity contribution in [1.82, 2.24) is 5.32 Å². The minimum absolute atomic E-state index is 0.317. The number of aryl methyl sites for hydroxylation is 1. The number of halogens is 1. The molecular weight excluding hydrogens is 290 g/mol. The van der Waals surface area contributed by atoms with E-state index in [9.17, 15) is 0 Å². The van der Waals surface area contributed by atoms with Crippen LogP contribution in [0, 0.1) is 6.92 Å². The molecule has 4 heteroatoms. The first-order chi connectivity index (χ1) is 7.20. The van der Waals surface area contributed by atoms with Crippen molar-refractivity contribution in [3.05, 3.63) is 42.7 Å². The summed E-state index contributed by atoms with van der Waals surface area (Å²) in [5, 5.41) is 7.77. The summed E-state index contributed by atoms with van der Waals surface area (Å²) >= 11 is 7.03. The van der Waals surface area contributed by atoms with Crippen LogP contribution in [-0.2, 0) is 0 Å². The van der Waals surface area contributed by atoms with Gasteiger partial charge in [-0.1, -0.05) is 0 Å². The zero-order valence-electron chi connectivity index (χ0n) is 8.58. The van der Waals surface area contributed by atoms with Crippen LogP contribution in [0.4, 0.5) is 0 Å². The number of nitrogens with one attached hydrogen (secondary N) is 1. The van der Waals surface area contributed by atoms with E-state index in [2.05, 4.69) is 51.1 Å². The molecule has 0 amide bonds. The SMILES string of the molecule is CNC(c1csc(C)c1)c1csc(Br)c1. The van der Waals surface area contributed by atoms with E-state index in [1.165, 1.54) is 19.8 Å². The number of hydrogen-bond donors (Lipinski definition) is 1. The second kappa shape index (κ2) is 4.78. The van der Waals surface area contributed by atoms with Gasteiger partial charge < -0.3 is 5.32 Å². The summed E-state index contributed by atoms with van der Waals surface area (Å²) in [5.74, 6) is 0. The zero-order valence-corrected chi connectivity index (χ0v) is 11.8. The fourth-order valence-corrected chi connectivity index (χ4v) is 3.55. The van der Waals surface area contributed by atoms with Gasteiger partial charge in [0.15, 0.2) is 0 Å². The van der Waals surface area contributed by atoms with Gasteiger partial charge in [-0.3, -0.25) is 0 Å². The van der Waals surface area contributed by atoms with Crippen LogP contribution in [0.1, 0.15) is 22.0 Å². The van der Waals surface area contributed by atoms with Crippen LogP contribution in [-0.4, -0.2) is 7.05 Å². The molecule has 0 aromatic carbocycles. The molecule has 0 fully saturated rings. The topological polar surface area (TPSA) is 12.0 Å². The molecule has 80 valence electrons. The molecule has 1 nitrogen and oxygen atoms in total. The van der Waals surface area contributed by atoms with E-state index < -0.39 is 0 Å². The van der Waals surface area contributed by atoms with Crippen LogP contribution in [0.3, 0.4) is 0 Å². The van der Waals surface area contributed by atoms with Crippen LogP contribution in [0.15, 0.2) is 26.7 Å². The highest BCUT2D eigenvalue weighted by molar-refractivity contribution is 9.11. The van der Waals surface area contributed by atoms with Crippen molar-refractivity contribution in [2.75, 3.05) is 7.05 Å². The lowest BCUT2D eigenvalue weighted by atomic mass is 10.0. The number of hydrogen-bond acceptors (Lipinski definition) is 3. The third-order valence-electron chi connectivity index (χ3n) is 2.29. The third-order valence-corrected chi connectivity index (χ3v) is 4.70. The van der Waals surface area contributed by atoms with E-state index in [4.69, 9.17) is 0 Å². The zero-order chi connectivity index (χ0) is 10.8. The Morgan fingerprint density at radius 3 is 2.33 bits per heavy atom.